The maximum Gasteiger partial charge on any atom is 0.358 e. The number of halogens is 3. The molecule has 0 radical (unpaired) electrons. The summed E-state index contributed by atoms with van der Waals surface area (Å²) in [5, 5.41) is 0. The molecule has 0 heterocycles. The smallest absolute Gasteiger partial charge is 0.321 e. The van der Waals surface area contributed by atoms with Gasteiger partial charge in [-0.15, -0.1) is 0 Å². The minimum Gasteiger partial charge on any atom is -0.321 e. The summed E-state index contributed by atoms with van der Waals surface area (Å²) >= 11 is 0. The minimum atomic E-state index is -3.27. The van der Waals surface area contributed by atoms with Crippen molar-refractivity contribution >= 4 is 0 Å². The zero-order valence-electron chi connectivity index (χ0n) is 5.16. The average Bonchev–Trinajstić information content (AvgIpc) is 1.64. The molecule has 56 valence electrons. The maximum absolute atomic E-state index is 12.0. The van der Waals surface area contributed by atoms with E-state index >= 15 is 0 Å². The first-order valence-corrected chi connectivity index (χ1v) is 2.70. The molecule has 0 aromatic carbocycles. The molecule has 0 aromatic heterocycles. The zero-order chi connectivity index (χ0) is 7.33. The van der Waals surface area contributed by atoms with Gasteiger partial charge in [0.25, 0.3) is 0 Å². The van der Waals surface area contributed by atoms with Crippen molar-refractivity contribution in [2.24, 2.45) is 0 Å². The lowest BCUT2D eigenvalue weighted by atomic mass is 10.4. The highest BCUT2D eigenvalue weighted by Crippen LogP contribution is 2.19. The van der Waals surface area contributed by atoms with Gasteiger partial charge in [-0.25, -0.2) is 0 Å². The lowest BCUT2D eigenvalue weighted by Crippen LogP contribution is -2.21. The van der Waals surface area contributed by atoms with Crippen molar-refractivity contribution in [1.82, 2.24) is 0 Å². The van der Waals surface area contributed by atoms with Crippen LogP contribution in [0.25, 0.3) is 0 Å². The molecule has 0 fully saturated rings. The third-order valence-corrected chi connectivity index (χ3v) is 0.741. The van der Waals surface area contributed by atoms with Crippen LogP contribution in [0.4, 0.5) is 13.2 Å². The number of ether oxygens (including phenoxy) is 1. The molecule has 0 rings (SSSR count). The zero-order valence-corrected chi connectivity index (χ0v) is 5.16. The summed E-state index contributed by atoms with van der Waals surface area (Å²) in [6, 6.07) is 0. The monoisotopic (exact) mass is 142 g/mol. The van der Waals surface area contributed by atoms with Gasteiger partial charge in [0, 0.05) is 0 Å². The van der Waals surface area contributed by atoms with Crippen molar-refractivity contribution in [3.8, 4) is 0 Å². The van der Waals surface area contributed by atoms with Gasteiger partial charge in [-0.1, -0.05) is 0 Å². The molecule has 0 aliphatic rings. The fraction of sp³-hybridized carbons (Fsp3) is 1.00. The van der Waals surface area contributed by atoms with E-state index in [-0.39, 0.29) is 6.61 Å². The second kappa shape index (κ2) is 3.71. The van der Waals surface area contributed by atoms with E-state index < -0.39 is 19.2 Å². The van der Waals surface area contributed by atoms with Crippen molar-refractivity contribution in [3.63, 3.8) is 0 Å². The SMILES string of the molecule is CCOC(F)(F)CCF. The summed E-state index contributed by atoms with van der Waals surface area (Å²) in [5.74, 6) is 0. The third kappa shape index (κ3) is 4.27. The summed E-state index contributed by atoms with van der Waals surface area (Å²) < 4.78 is 39.1. The molecule has 0 saturated heterocycles. The van der Waals surface area contributed by atoms with Gasteiger partial charge >= 0.3 is 6.11 Å². The molecule has 0 aromatic rings. The standard InChI is InChI=1S/C5H9F3O/c1-2-9-5(7,8)3-4-6/h2-4H2,1H3. The molecule has 4 heteroatoms. The molecular weight excluding hydrogens is 133 g/mol. The molecule has 0 saturated carbocycles. The minimum absolute atomic E-state index is 0.0903. The topological polar surface area (TPSA) is 9.23 Å². The van der Waals surface area contributed by atoms with Gasteiger partial charge in [-0.05, 0) is 6.92 Å². The highest BCUT2D eigenvalue weighted by Gasteiger charge is 2.28. The van der Waals surface area contributed by atoms with E-state index in [0.717, 1.165) is 0 Å². The lowest BCUT2D eigenvalue weighted by molar-refractivity contribution is -0.240. The molecule has 0 atom stereocenters. The first-order valence-electron chi connectivity index (χ1n) is 2.70. The molecule has 0 aliphatic heterocycles. The van der Waals surface area contributed by atoms with Crippen molar-refractivity contribution in [2.75, 3.05) is 13.3 Å². The van der Waals surface area contributed by atoms with Crippen molar-refractivity contribution in [1.29, 1.82) is 0 Å². The van der Waals surface area contributed by atoms with Crippen LogP contribution in [-0.4, -0.2) is 19.4 Å². The van der Waals surface area contributed by atoms with E-state index in [1.807, 2.05) is 0 Å². The van der Waals surface area contributed by atoms with Gasteiger partial charge in [0.15, 0.2) is 0 Å². The number of rotatable bonds is 4. The van der Waals surface area contributed by atoms with Crippen LogP contribution < -0.4 is 0 Å². The van der Waals surface area contributed by atoms with E-state index in [1.165, 1.54) is 6.92 Å². The molecular formula is C5H9F3O. The van der Waals surface area contributed by atoms with Gasteiger partial charge in [0.2, 0.25) is 0 Å². The second-order valence-corrected chi connectivity index (χ2v) is 1.51. The highest BCUT2D eigenvalue weighted by molar-refractivity contribution is 4.49. The summed E-state index contributed by atoms with van der Waals surface area (Å²) in [7, 11) is 0. The fourth-order valence-electron chi connectivity index (χ4n) is 0.393. The van der Waals surface area contributed by atoms with Crippen LogP contribution in [0.3, 0.4) is 0 Å². The van der Waals surface area contributed by atoms with Gasteiger partial charge in [0.1, 0.15) is 0 Å². The summed E-state index contributed by atoms with van der Waals surface area (Å²) in [4.78, 5) is 0. The Labute approximate surface area is 51.8 Å². The first-order chi connectivity index (χ1) is 4.12. The van der Waals surface area contributed by atoms with Crippen molar-refractivity contribution in [2.45, 2.75) is 19.5 Å². The largest absolute Gasteiger partial charge is 0.358 e. The van der Waals surface area contributed by atoms with E-state index in [2.05, 4.69) is 4.74 Å². The van der Waals surface area contributed by atoms with Crippen LogP contribution in [-0.2, 0) is 4.74 Å². The molecule has 0 aliphatic carbocycles. The van der Waals surface area contributed by atoms with Crippen molar-refractivity contribution < 1.29 is 17.9 Å². The molecule has 1 nitrogen and oxygen atoms in total. The number of hydrogen-bond donors (Lipinski definition) is 0. The van der Waals surface area contributed by atoms with E-state index in [1.54, 1.807) is 0 Å². The molecule has 0 amide bonds. The number of alkyl halides is 3. The third-order valence-electron chi connectivity index (χ3n) is 0.741. The van der Waals surface area contributed by atoms with Gasteiger partial charge in [0.05, 0.1) is 19.7 Å². The average molecular weight is 142 g/mol. The summed E-state index contributed by atoms with van der Waals surface area (Å²) in [6.45, 7) is 0.298. The summed E-state index contributed by atoms with van der Waals surface area (Å²) in [5.41, 5.74) is 0. The number of hydrogen-bond acceptors (Lipinski definition) is 1. The second-order valence-electron chi connectivity index (χ2n) is 1.51. The van der Waals surface area contributed by atoms with Crippen LogP contribution in [0.1, 0.15) is 13.3 Å². The molecule has 0 unspecified atom stereocenters. The molecule has 0 N–H and O–H groups in total. The molecule has 0 spiro atoms. The Balaban J connectivity index is 3.43. The Bertz CT molecular complexity index is 66.6. The first kappa shape index (κ1) is 8.75. The van der Waals surface area contributed by atoms with Gasteiger partial charge in [-0.2, -0.15) is 8.78 Å². The predicted octanol–water partition coefficient (Wildman–Crippen LogP) is 1.98. The van der Waals surface area contributed by atoms with Crippen LogP contribution in [0, 0.1) is 0 Å². The van der Waals surface area contributed by atoms with E-state index in [9.17, 15) is 13.2 Å². The quantitative estimate of drug-likeness (QED) is 0.583. The highest BCUT2D eigenvalue weighted by atomic mass is 19.3. The van der Waals surface area contributed by atoms with Crippen LogP contribution in [0.2, 0.25) is 0 Å². The maximum atomic E-state index is 12.0. The normalized spacial score (nSPS) is 12.0. The van der Waals surface area contributed by atoms with E-state index in [0.29, 0.717) is 0 Å². The van der Waals surface area contributed by atoms with Crippen LogP contribution in [0.5, 0.6) is 0 Å². The lowest BCUT2D eigenvalue weighted by Gasteiger charge is -2.12. The van der Waals surface area contributed by atoms with E-state index in [4.69, 9.17) is 0 Å². The Morgan fingerprint density at radius 2 is 2.00 bits per heavy atom. The Hall–Kier alpha value is -0.250. The predicted molar refractivity (Wildman–Crippen MR) is 27.2 cm³/mol. The molecule has 0 bridgehead atoms. The Morgan fingerprint density at radius 1 is 1.44 bits per heavy atom. The van der Waals surface area contributed by atoms with Crippen LogP contribution in [0.15, 0.2) is 0 Å². The van der Waals surface area contributed by atoms with Gasteiger partial charge < -0.3 is 4.74 Å². The Kier molecular flexibility index (Phi) is 3.61. The summed E-state index contributed by atoms with van der Waals surface area (Å²) in [6.07, 6.45) is -4.12. The Morgan fingerprint density at radius 3 is 2.33 bits per heavy atom. The molecule has 9 heavy (non-hydrogen) atoms. The fourth-order valence-corrected chi connectivity index (χ4v) is 0.393. The van der Waals surface area contributed by atoms with Gasteiger partial charge in [-0.3, -0.25) is 4.39 Å². The van der Waals surface area contributed by atoms with Crippen LogP contribution >= 0.6 is 0 Å². The van der Waals surface area contributed by atoms with Crippen molar-refractivity contribution in [3.05, 3.63) is 0 Å².